The number of rotatable bonds is 6. The molecule has 0 aliphatic rings. The maximum atomic E-state index is 12.8. The first-order chi connectivity index (χ1) is 12.9. The molecule has 0 bridgehead atoms. The molecule has 2 aromatic rings. The van der Waals surface area contributed by atoms with Crippen molar-refractivity contribution >= 4 is 29.3 Å². The molecule has 0 heterocycles. The Hall–Kier alpha value is -2.73. The van der Waals surface area contributed by atoms with E-state index in [1.54, 1.807) is 17.0 Å². The minimum Gasteiger partial charge on any atom is -0.489 e. The monoisotopic (exact) mass is 388 g/mol. The molecular formula is C20H25ClN4O2. The Morgan fingerprint density at radius 3 is 2.33 bits per heavy atom. The Labute approximate surface area is 165 Å². The second-order valence-corrected chi connectivity index (χ2v) is 6.43. The molecule has 0 atom stereocenters. The Morgan fingerprint density at radius 2 is 1.81 bits per heavy atom. The van der Waals surface area contributed by atoms with Gasteiger partial charge in [0, 0.05) is 19.2 Å². The molecule has 6 nitrogen and oxygen atoms in total. The van der Waals surface area contributed by atoms with E-state index < -0.39 is 0 Å². The molecule has 0 saturated heterocycles. The van der Waals surface area contributed by atoms with Gasteiger partial charge in [-0.05, 0) is 38.0 Å². The number of carbonyl (C=O) groups is 1. The van der Waals surface area contributed by atoms with Crippen LogP contribution in [0, 0.1) is 12.3 Å². The van der Waals surface area contributed by atoms with Gasteiger partial charge in [0.2, 0.25) is 5.96 Å². The number of amides is 2. The Bertz CT molecular complexity index is 784. The van der Waals surface area contributed by atoms with Crippen LogP contribution < -0.4 is 15.4 Å². The van der Waals surface area contributed by atoms with E-state index >= 15 is 0 Å². The average molecular weight is 389 g/mol. The van der Waals surface area contributed by atoms with Crippen molar-refractivity contribution < 1.29 is 9.53 Å². The SMILES string of the molecule is CCN(CC)C(=O)N(C(=N)N)c1c(C)cc(OCc2ccccc2)cc1Cl. The maximum Gasteiger partial charge on any atom is 0.331 e. The van der Waals surface area contributed by atoms with Crippen LogP contribution in [-0.2, 0) is 6.61 Å². The van der Waals surface area contributed by atoms with Gasteiger partial charge in [-0.15, -0.1) is 0 Å². The number of hydrogen-bond donors (Lipinski definition) is 2. The van der Waals surface area contributed by atoms with Gasteiger partial charge in [0.05, 0.1) is 10.7 Å². The lowest BCUT2D eigenvalue weighted by molar-refractivity contribution is 0.213. The highest BCUT2D eigenvalue weighted by molar-refractivity contribution is 6.35. The zero-order valence-corrected chi connectivity index (χ0v) is 16.6. The number of nitrogens with one attached hydrogen (secondary N) is 1. The number of nitrogens with zero attached hydrogens (tertiary/aromatic N) is 2. The van der Waals surface area contributed by atoms with Crippen molar-refractivity contribution in [2.75, 3.05) is 18.0 Å². The number of hydrogen-bond acceptors (Lipinski definition) is 3. The van der Waals surface area contributed by atoms with Crippen LogP contribution >= 0.6 is 11.6 Å². The van der Waals surface area contributed by atoms with Crippen molar-refractivity contribution in [3.63, 3.8) is 0 Å². The van der Waals surface area contributed by atoms with E-state index in [-0.39, 0.29) is 12.0 Å². The number of halogens is 1. The minimum absolute atomic E-state index is 0.300. The second-order valence-electron chi connectivity index (χ2n) is 6.02. The van der Waals surface area contributed by atoms with Gasteiger partial charge in [-0.2, -0.15) is 0 Å². The number of benzene rings is 2. The van der Waals surface area contributed by atoms with E-state index in [2.05, 4.69) is 0 Å². The molecule has 7 heteroatoms. The first kappa shape index (κ1) is 20.6. The molecule has 2 amide bonds. The van der Waals surface area contributed by atoms with Gasteiger partial charge in [0.15, 0.2) is 0 Å². The van der Waals surface area contributed by atoms with Gasteiger partial charge in [-0.3, -0.25) is 5.41 Å². The van der Waals surface area contributed by atoms with Gasteiger partial charge >= 0.3 is 6.03 Å². The third-order valence-electron chi connectivity index (χ3n) is 4.17. The van der Waals surface area contributed by atoms with Gasteiger partial charge in [0.25, 0.3) is 0 Å². The summed E-state index contributed by atoms with van der Waals surface area (Å²) in [4.78, 5) is 15.5. The predicted molar refractivity (Wildman–Crippen MR) is 110 cm³/mol. The number of anilines is 1. The van der Waals surface area contributed by atoms with Crippen molar-refractivity contribution in [3.05, 3.63) is 58.6 Å². The van der Waals surface area contributed by atoms with Crippen molar-refractivity contribution in [1.29, 1.82) is 5.41 Å². The van der Waals surface area contributed by atoms with Gasteiger partial charge < -0.3 is 15.4 Å². The zero-order valence-electron chi connectivity index (χ0n) is 15.8. The molecular weight excluding hydrogens is 364 g/mol. The molecule has 0 aliphatic heterocycles. The lowest BCUT2D eigenvalue weighted by Gasteiger charge is -2.29. The van der Waals surface area contributed by atoms with Crippen LogP contribution in [0.1, 0.15) is 25.0 Å². The van der Waals surface area contributed by atoms with Crippen LogP contribution in [0.25, 0.3) is 0 Å². The highest BCUT2D eigenvalue weighted by Crippen LogP contribution is 2.34. The molecule has 0 fully saturated rings. The number of urea groups is 1. The fourth-order valence-electron chi connectivity index (χ4n) is 2.77. The second kappa shape index (κ2) is 9.28. The van der Waals surface area contributed by atoms with Crippen LogP contribution in [0.15, 0.2) is 42.5 Å². The van der Waals surface area contributed by atoms with Crippen LogP contribution in [0.4, 0.5) is 10.5 Å². The summed E-state index contributed by atoms with van der Waals surface area (Å²) in [6.45, 7) is 6.97. The molecule has 2 rings (SSSR count). The topological polar surface area (TPSA) is 82.7 Å². The molecule has 2 aromatic carbocycles. The maximum absolute atomic E-state index is 12.8. The van der Waals surface area contributed by atoms with Gasteiger partial charge in [-0.25, -0.2) is 9.69 Å². The summed E-state index contributed by atoms with van der Waals surface area (Å²) in [6, 6.07) is 12.8. The summed E-state index contributed by atoms with van der Waals surface area (Å²) in [5.74, 6) is 0.207. The summed E-state index contributed by atoms with van der Waals surface area (Å²) in [5.41, 5.74) is 7.83. The van der Waals surface area contributed by atoms with Crippen molar-refractivity contribution in [1.82, 2.24) is 4.90 Å². The zero-order chi connectivity index (χ0) is 20.0. The van der Waals surface area contributed by atoms with E-state index in [1.165, 1.54) is 0 Å². The van der Waals surface area contributed by atoms with E-state index in [4.69, 9.17) is 27.5 Å². The van der Waals surface area contributed by atoms with Crippen molar-refractivity contribution in [2.45, 2.75) is 27.4 Å². The number of carbonyl (C=O) groups excluding carboxylic acids is 1. The third-order valence-corrected chi connectivity index (χ3v) is 4.45. The number of nitrogens with two attached hydrogens (primary N) is 1. The molecule has 3 N–H and O–H groups in total. The Balaban J connectivity index is 2.30. The van der Waals surface area contributed by atoms with Gasteiger partial charge in [0.1, 0.15) is 12.4 Å². The quantitative estimate of drug-likeness (QED) is 0.568. The molecule has 144 valence electrons. The van der Waals surface area contributed by atoms with E-state index in [9.17, 15) is 4.79 Å². The van der Waals surface area contributed by atoms with Crippen LogP contribution in [0.3, 0.4) is 0 Å². The fourth-order valence-corrected chi connectivity index (χ4v) is 3.11. The normalized spacial score (nSPS) is 10.4. The average Bonchev–Trinajstić information content (AvgIpc) is 2.64. The van der Waals surface area contributed by atoms with E-state index in [0.29, 0.717) is 41.7 Å². The van der Waals surface area contributed by atoms with Crippen LogP contribution in [0.2, 0.25) is 5.02 Å². The standard InChI is InChI=1S/C20H25ClN4O2/c1-4-24(5-2)20(26)25(19(22)23)18-14(3)11-16(12-17(18)21)27-13-15-9-7-6-8-10-15/h6-12H,4-5,13H2,1-3H3,(H3,22,23). The fraction of sp³-hybridized carbons (Fsp3) is 0.300. The lowest BCUT2D eigenvalue weighted by Crippen LogP contribution is -2.49. The highest BCUT2D eigenvalue weighted by Gasteiger charge is 2.27. The summed E-state index contributed by atoms with van der Waals surface area (Å²) in [5, 5.41) is 8.17. The molecule has 27 heavy (non-hydrogen) atoms. The summed E-state index contributed by atoms with van der Waals surface area (Å²) in [6.07, 6.45) is 0. The Kier molecular flexibility index (Phi) is 7.07. The number of ether oxygens (including phenoxy) is 1. The van der Waals surface area contributed by atoms with Crippen molar-refractivity contribution in [2.24, 2.45) is 5.73 Å². The predicted octanol–water partition coefficient (Wildman–Crippen LogP) is 4.39. The number of aryl methyl sites for hydroxylation is 1. The minimum atomic E-state index is -0.380. The van der Waals surface area contributed by atoms with Gasteiger partial charge in [-0.1, -0.05) is 41.9 Å². The molecule has 0 radical (unpaired) electrons. The van der Waals surface area contributed by atoms with Crippen LogP contribution in [-0.4, -0.2) is 30.0 Å². The third kappa shape index (κ3) is 4.92. The summed E-state index contributed by atoms with van der Waals surface area (Å²) < 4.78 is 5.82. The smallest absolute Gasteiger partial charge is 0.331 e. The van der Waals surface area contributed by atoms with Crippen molar-refractivity contribution in [3.8, 4) is 5.75 Å². The first-order valence-corrected chi connectivity index (χ1v) is 9.16. The number of guanidine groups is 1. The Morgan fingerprint density at radius 1 is 1.19 bits per heavy atom. The summed E-state index contributed by atoms with van der Waals surface area (Å²) in [7, 11) is 0. The molecule has 0 aromatic heterocycles. The summed E-state index contributed by atoms with van der Waals surface area (Å²) >= 11 is 6.45. The van der Waals surface area contributed by atoms with Crippen LogP contribution in [0.5, 0.6) is 5.75 Å². The first-order valence-electron chi connectivity index (χ1n) is 8.78. The lowest BCUT2D eigenvalue weighted by atomic mass is 10.1. The van der Waals surface area contributed by atoms with E-state index in [1.807, 2.05) is 51.1 Å². The largest absolute Gasteiger partial charge is 0.489 e. The molecule has 0 spiro atoms. The molecule has 0 aliphatic carbocycles. The molecule has 0 unspecified atom stereocenters. The van der Waals surface area contributed by atoms with E-state index in [0.717, 1.165) is 10.5 Å². The highest BCUT2D eigenvalue weighted by atomic mass is 35.5. The molecule has 0 saturated carbocycles.